The molecule has 4 aromatic rings. The molecule has 11 nitrogen and oxygen atoms in total. The van der Waals surface area contributed by atoms with Crippen LogP contribution < -0.4 is 5.32 Å². The average Bonchev–Trinajstić information content (AvgIpc) is 3.54. The van der Waals surface area contributed by atoms with Crippen LogP contribution in [0.15, 0.2) is 36.8 Å². The Hall–Kier alpha value is -3.80. The highest BCUT2D eigenvalue weighted by molar-refractivity contribution is 7.11. The molecule has 0 radical (unpaired) electrons. The van der Waals surface area contributed by atoms with Crippen LogP contribution in [0.4, 0.5) is 0 Å². The summed E-state index contributed by atoms with van der Waals surface area (Å²) < 4.78 is 1.81. The van der Waals surface area contributed by atoms with Crippen molar-refractivity contribution in [2.24, 2.45) is 0 Å². The van der Waals surface area contributed by atoms with E-state index in [-0.39, 0.29) is 17.7 Å². The number of benzene rings is 1. The second-order valence-corrected chi connectivity index (χ2v) is 9.08. The number of piperidine rings is 1. The first-order chi connectivity index (χ1) is 16.6. The van der Waals surface area contributed by atoms with Gasteiger partial charge in [-0.05, 0) is 44.0 Å². The first kappa shape index (κ1) is 22.0. The second-order valence-electron chi connectivity index (χ2n) is 7.99. The van der Waals surface area contributed by atoms with Crippen molar-refractivity contribution in [1.29, 1.82) is 0 Å². The summed E-state index contributed by atoms with van der Waals surface area (Å²) in [4.78, 5) is 34.8. The summed E-state index contributed by atoms with van der Waals surface area (Å²) in [6.45, 7) is 4.35. The maximum Gasteiger partial charge on any atom is 0.270 e. The van der Waals surface area contributed by atoms with E-state index in [1.54, 1.807) is 6.07 Å². The molecule has 174 valence electrons. The third-order valence-electron chi connectivity index (χ3n) is 5.89. The summed E-state index contributed by atoms with van der Waals surface area (Å²) in [5.74, 6) is -0.0158. The summed E-state index contributed by atoms with van der Waals surface area (Å²) in [6.07, 6.45) is 4.51. The van der Waals surface area contributed by atoms with Crippen LogP contribution in [-0.4, -0.2) is 65.0 Å². The van der Waals surface area contributed by atoms with Gasteiger partial charge in [0.05, 0.1) is 12.1 Å². The van der Waals surface area contributed by atoms with E-state index in [1.165, 1.54) is 23.9 Å². The number of aromatic nitrogens is 7. The molecule has 1 aromatic carbocycles. The molecule has 3 aromatic heterocycles. The van der Waals surface area contributed by atoms with E-state index in [2.05, 4.69) is 35.8 Å². The highest BCUT2D eigenvalue weighted by atomic mass is 32.1. The number of aryl methyl sites for hydroxylation is 1. The Kier molecular flexibility index (Phi) is 6.21. The number of carbonyl (C=O) groups excluding carboxylic acids is 2. The van der Waals surface area contributed by atoms with Gasteiger partial charge in [-0.3, -0.25) is 9.59 Å². The molecule has 5 rings (SSSR count). The predicted octanol–water partition coefficient (Wildman–Crippen LogP) is 2.04. The number of hydrogen-bond donors (Lipinski definition) is 1. The van der Waals surface area contributed by atoms with Crippen molar-refractivity contribution in [1.82, 2.24) is 45.4 Å². The van der Waals surface area contributed by atoms with Crippen molar-refractivity contribution in [2.45, 2.75) is 38.8 Å². The first-order valence-corrected chi connectivity index (χ1v) is 11.9. The van der Waals surface area contributed by atoms with Gasteiger partial charge in [0.25, 0.3) is 11.8 Å². The Morgan fingerprint density at radius 3 is 2.76 bits per heavy atom. The molecule has 12 heteroatoms. The Balaban J connectivity index is 1.16. The number of amides is 2. The largest absolute Gasteiger partial charge is 0.344 e. The summed E-state index contributed by atoms with van der Waals surface area (Å²) in [6, 6.07) is 7.13. The van der Waals surface area contributed by atoms with Crippen molar-refractivity contribution < 1.29 is 9.59 Å². The molecule has 0 bridgehead atoms. The number of nitrogens with zero attached hydrogens (tertiary/aromatic N) is 8. The minimum Gasteiger partial charge on any atom is -0.344 e. The summed E-state index contributed by atoms with van der Waals surface area (Å²) in [5.41, 5.74) is 2.60. The monoisotopic (exact) mass is 477 g/mol. The molecule has 1 saturated heterocycles. The van der Waals surface area contributed by atoms with Gasteiger partial charge in [-0.15, -0.1) is 15.3 Å². The lowest BCUT2D eigenvalue weighted by molar-refractivity contribution is 0.0712. The van der Waals surface area contributed by atoms with Gasteiger partial charge in [0.2, 0.25) is 0 Å². The first-order valence-electron chi connectivity index (χ1n) is 11.1. The van der Waals surface area contributed by atoms with Crippen molar-refractivity contribution >= 4 is 34.2 Å². The smallest absolute Gasteiger partial charge is 0.270 e. The lowest BCUT2D eigenvalue weighted by Gasteiger charge is -2.31. The number of carbonyl (C=O) groups is 2. The number of fused-ring (bicyclic) bond motifs is 1. The van der Waals surface area contributed by atoms with Crippen molar-refractivity contribution in [3.05, 3.63) is 58.1 Å². The quantitative estimate of drug-likeness (QED) is 0.446. The van der Waals surface area contributed by atoms with Crippen molar-refractivity contribution in [3.8, 4) is 0 Å². The van der Waals surface area contributed by atoms with Gasteiger partial charge in [-0.1, -0.05) is 16.6 Å². The van der Waals surface area contributed by atoms with Gasteiger partial charge >= 0.3 is 0 Å². The Labute approximate surface area is 199 Å². The second kappa shape index (κ2) is 9.59. The van der Waals surface area contributed by atoms with Crippen LogP contribution >= 0.6 is 11.3 Å². The molecule has 1 fully saturated rings. The molecular weight excluding hydrogens is 454 g/mol. The normalized spacial score (nSPS) is 14.4. The predicted molar refractivity (Wildman–Crippen MR) is 124 cm³/mol. The molecule has 0 atom stereocenters. The molecule has 0 unspecified atom stereocenters. The molecule has 0 aliphatic carbocycles. The highest BCUT2D eigenvalue weighted by Gasteiger charge is 2.27. The van der Waals surface area contributed by atoms with Crippen LogP contribution in [0.3, 0.4) is 0 Å². The number of nitrogens with one attached hydrogen (secondary N) is 1. The van der Waals surface area contributed by atoms with Gasteiger partial charge in [-0.2, -0.15) is 0 Å². The van der Waals surface area contributed by atoms with E-state index >= 15 is 0 Å². The van der Waals surface area contributed by atoms with Gasteiger partial charge in [0.1, 0.15) is 27.6 Å². The molecule has 0 spiro atoms. The lowest BCUT2D eigenvalue weighted by atomic mass is 9.97. The molecule has 34 heavy (non-hydrogen) atoms. The number of hydrogen-bond acceptors (Lipinski definition) is 9. The molecule has 0 saturated carbocycles. The fraction of sp³-hybridized carbons (Fsp3) is 0.364. The van der Waals surface area contributed by atoms with E-state index in [0.29, 0.717) is 30.9 Å². The van der Waals surface area contributed by atoms with Gasteiger partial charge in [0, 0.05) is 37.3 Å². The summed E-state index contributed by atoms with van der Waals surface area (Å²) >= 11 is 1.50. The number of rotatable bonds is 6. The van der Waals surface area contributed by atoms with Gasteiger partial charge in [-0.25, -0.2) is 14.6 Å². The standard InChI is InChI=1S/C22H23N9O2S/c1-2-31-18-4-3-15(11-17(18)26-29-31)22(33)30-9-6-14(7-10-30)21-28-27-19(34-21)12-24-20(32)16-5-8-23-13-25-16/h3-5,8,11,13-14H,2,6-7,9-10,12H2,1H3,(H,24,32). The molecule has 1 N–H and O–H groups in total. The highest BCUT2D eigenvalue weighted by Crippen LogP contribution is 2.31. The van der Waals surface area contributed by atoms with E-state index in [1.807, 2.05) is 34.7 Å². The minimum atomic E-state index is -0.276. The molecule has 1 aliphatic rings. The average molecular weight is 478 g/mol. The topological polar surface area (TPSA) is 132 Å². The van der Waals surface area contributed by atoms with Crippen LogP contribution in [0.25, 0.3) is 11.0 Å². The maximum absolute atomic E-state index is 13.0. The Morgan fingerprint density at radius 1 is 1.15 bits per heavy atom. The SMILES string of the molecule is CCn1nnc2cc(C(=O)N3CCC(c4nnc(CNC(=O)c5ccncn5)s4)CC3)ccc21. The third-order valence-corrected chi connectivity index (χ3v) is 6.97. The van der Waals surface area contributed by atoms with E-state index in [4.69, 9.17) is 0 Å². The zero-order chi connectivity index (χ0) is 23.5. The van der Waals surface area contributed by atoms with Crippen LogP contribution in [0, 0.1) is 0 Å². The van der Waals surface area contributed by atoms with Crippen LogP contribution in [0.2, 0.25) is 0 Å². The van der Waals surface area contributed by atoms with E-state index < -0.39 is 0 Å². The zero-order valence-corrected chi connectivity index (χ0v) is 19.4. The fourth-order valence-electron chi connectivity index (χ4n) is 4.03. The van der Waals surface area contributed by atoms with Crippen LogP contribution in [-0.2, 0) is 13.1 Å². The zero-order valence-electron chi connectivity index (χ0n) is 18.6. The molecule has 1 aliphatic heterocycles. The minimum absolute atomic E-state index is 0.0109. The van der Waals surface area contributed by atoms with Crippen LogP contribution in [0.1, 0.15) is 56.5 Å². The summed E-state index contributed by atoms with van der Waals surface area (Å²) in [7, 11) is 0. The molecule has 4 heterocycles. The van der Waals surface area contributed by atoms with Crippen molar-refractivity contribution in [3.63, 3.8) is 0 Å². The van der Waals surface area contributed by atoms with Gasteiger partial charge in [0.15, 0.2) is 0 Å². The molecular formula is C22H23N9O2S. The number of likely N-dealkylation sites (tertiary alicyclic amines) is 1. The summed E-state index contributed by atoms with van der Waals surface area (Å²) in [5, 5.41) is 21.3. The molecule has 2 amide bonds. The Morgan fingerprint density at radius 2 is 2.00 bits per heavy atom. The van der Waals surface area contributed by atoms with Crippen molar-refractivity contribution in [2.75, 3.05) is 13.1 Å². The lowest BCUT2D eigenvalue weighted by Crippen LogP contribution is -2.37. The third kappa shape index (κ3) is 4.49. The Bertz CT molecular complexity index is 1310. The van der Waals surface area contributed by atoms with E-state index in [0.717, 1.165) is 40.4 Å². The van der Waals surface area contributed by atoms with E-state index in [9.17, 15) is 9.59 Å². The maximum atomic E-state index is 13.0. The fourth-order valence-corrected chi connectivity index (χ4v) is 4.98. The van der Waals surface area contributed by atoms with Crippen LogP contribution in [0.5, 0.6) is 0 Å². The van der Waals surface area contributed by atoms with Gasteiger partial charge < -0.3 is 10.2 Å².